The van der Waals surface area contributed by atoms with E-state index in [9.17, 15) is 9.59 Å². The monoisotopic (exact) mass is 501 g/mol. The van der Waals surface area contributed by atoms with Crippen LogP contribution in [0.15, 0.2) is 101 Å². The van der Waals surface area contributed by atoms with Crippen molar-refractivity contribution in [2.75, 3.05) is 0 Å². The number of rotatable bonds is 4. The van der Waals surface area contributed by atoms with E-state index >= 15 is 0 Å². The first kappa shape index (κ1) is 23.5. The van der Waals surface area contributed by atoms with E-state index in [1.165, 1.54) is 16.9 Å². The number of aliphatic imine (C=N–C) groups is 1. The van der Waals surface area contributed by atoms with Gasteiger partial charge in [0, 0.05) is 33.6 Å². The molecule has 0 aliphatic heterocycles. The molecule has 0 fully saturated rings. The summed E-state index contributed by atoms with van der Waals surface area (Å²) in [4.78, 5) is 32.1. The maximum Gasteiger partial charge on any atom is 0.197 e. The Hall–Kier alpha value is -3.89. The molecule has 0 amide bonds. The van der Waals surface area contributed by atoms with Gasteiger partial charge in [0.05, 0.1) is 5.57 Å². The minimum Gasteiger partial charge on any atom is -0.288 e. The zero-order chi connectivity index (χ0) is 25.5. The van der Waals surface area contributed by atoms with E-state index in [4.69, 9.17) is 4.99 Å². The molecule has 6 rings (SSSR count). The Morgan fingerprint density at radius 2 is 1.70 bits per heavy atom. The zero-order valence-corrected chi connectivity index (χ0v) is 21.7. The highest BCUT2D eigenvalue weighted by Crippen LogP contribution is 2.36. The first-order valence-corrected chi connectivity index (χ1v) is 13.5. The summed E-state index contributed by atoms with van der Waals surface area (Å²) in [5.74, 6) is 0.351. The second kappa shape index (κ2) is 9.53. The minimum atomic E-state index is -0.198. The van der Waals surface area contributed by atoms with E-state index in [0.717, 1.165) is 44.8 Å². The van der Waals surface area contributed by atoms with Gasteiger partial charge in [0.15, 0.2) is 11.6 Å². The second-order valence-electron chi connectivity index (χ2n) is 9.91. The summed E-state index contributed by atoms with van der Waals surface area (Å²) >= 11 is 1.52. The van der Waals surface area contributed by atoms with Crippen molar-refractivity contribution in [1.82, 2.24) is 0 Å². The fourth-order valence-electron chi connectivity index (χ4n) is 5.25. The van der Waals surface area contributed by atoms with Crippen molar-refractivity contribution in [2.24, 2.45) is 16.8 Å². The highest BCUT2D eigenvalue weighted by molar-refractivity contribution is 7.17. The van der Waals surface area contributed by atoms with Gasteiger partial charge < -0.3 is 0 Å². The average Bonchev–Trinajstić information content (AvgIpc) is 3.39. The predicted octanol–water partition coefficient (Wildman–Crippen LogP) is 8.40. The number of aryl methyl sites for hydroxylation is 1. The Kier molecular flexibility index (Phi) is 6.05. The number of Topliss-reactive ketones (excluding diaryl/α,β-unsaturated/α-hetero) is 2. The molecule has 3 aromatic rings. The molecular weight excluding hydrogens is 474 g/mol. The van der Waals surface area contributed by atoms with Crippen LogP contribution in [0.3, 0.4) is 0 Å². The van der Waals surface area contributed by atoms with Crippen molar-refractivity contribution in [1.29, 1.82) is 0 Å². The van der Waals surface area contributed by atoms with Gasteiger partial charge >= 0.3 is 0 Å². The quantitative estimate of drug-likeness (QED) is 0.205. The van der Waals surface area contributed by atoms with Crippen LogP contribution in [-0.4, -0.2) is 17.3 Å². The third kappa shape index (κ3) is 4.42. The molecule has 1 aromatic heterocycles. The van der Waals surface area contributed by atoms with Gasteiger partial charge in [-0.25, -0.2) is 4.99 Å². The maximum absolute atomic E-state index is 13.1. The fourth-order valence-corrected chi connectivity index (χ4v) is 6.30. The molecule has 0 saturated heterocycles. The Bertz CT molecular complexity index is 1580. The fraction of sp³-hybridized carbons (Fsp3) is 0.182. The molecule has 0 saturated carbocycles. The van der Waals surface area contributed by atoms with E-state index in [0.29, 0.717) is 17.0 Å². The lowest BCUT2D eigenvalue weighted by Gasteiger charge is -2.21. The number of hydrogen-bond acceptors (Lipinski definition) is 4. The molecule has 3 nitrogen and oxygen atoms in total. The molecule has 182 valence electrons. The molecule has 0 spiro atoms. The number of carbonyl (C=O) groups is 2. The van der Waals surface area contributed by atoms with Crippen molar-refractivity contribution in [3.63, 3.8) is 0 Å². The van der Waals surface area contributed by atoms with Gasteiger partial charge in [-0.15, -0.1) is 11.3 Å². The summed E-state index contributed by atoms with van der Waals surface area (Å²) in [5, 5.41) is 2.86. The van der Waals surface area contributed by atoms with Crippen LogP contribution in [-0.2, 0) is 0 Å². The summed E-state index contributed by atoms with van der Waals surface area (Å²) in [7, 11) is 0. The molecule has 3 aliphatic rings. The number of fused-ring (bicyclic) bond motifs is 2. The number of benzene rings is 2. The molecule has 37 heavy (non-hydrogen) atoms. The largest absolute Gasteiger partial charge is 0.288 e. The summed E-state index contributed by atoms with van der Waals surface area (Å²) in [6, 6.07) is 13.5. The normalized spacial score (nSPS) is 21.1. The molecule has 2 aromatic carbocycles. The van der Waals surface area contributed by atoms with E-state index in [1.807, 2.05) is 49.4 Å². The van der Waals surface area contributed by atoms with Crippen LogP contribution in [0.1, 0.15) is 50.9 Å². The van der Waals surface area contributed by atoms with Crippen LogP contribution >= 0.6 is 11.3 Å². The van der Waals surface area contributed by atoms with Crippen LogP contribution in [0, 0.1) is 18.8 Å². The van der Waals surface area contributed by atoms with Gasteiger partial charge in [-0.2, -0.15) is 0 Å². The molecular formula is C33H27NO2S. The number of carbonyl (C=O) groups excluding carboxylic acids is 2. The number of hydrogen-bond donors (Lipinski definition) is 0. The SMILES string of the molecule is C/C(=N\c1sc(C=C2C(=O)c3cc4ccccc4cc3C2=O)cc1C)C1C=CC(C2C=CC=CC2)=CC1. The average molecular weight is 502 g/mol. The smallest absolute Gasteiger partial charge is 0.197 e. The molecule has 1 heterocycles. The van der Waals surface area contributed by atoms with Crippen molar-refractivity contribution < 1.29 is 9.59 Å². The number of thiophene rings is 1. The minimum absolute atomic E-state index is 0.198. The molecule has 0 radical (unpaired) electrons. The lowest BCUT2D eigenvalue weighted by molar-refractivity contribution is 0.0990. The van der Waals surface area contributed by atoms with E-state index in [2.05, 4.69) is 49.5 Å². The number of ketones is 2. The number of nitrogens with zero attached hydrogens (tertiary/aromatic N) is 1. The van der Waals surface area contributed by atoms with Crippen molar-refractivity contribution in [3.05, 3.63) is 118 Å². The van der Waals surface area contributed by atoms with Gasteiger partial charge in [0.25, 0.3) is 0 Å². The van der Waals surface area contributed by atoms with Crippen molar-refractivity contribution in [3.8, 4) is 0 Å². The van der Waals surface area contributed by atoms with Gasteiger partial charge in [-0.1, -0.05) is 66.8 Å². The first-order valence-electron chi connectivity index (χ1n) is 12.7. The molecule has 2 unspecified atom stereocenters. The van der Waals surface area contributed by atoms with Crippen LogP contribution < -0.4 is 0 Å². The molecule has 2 atom stereocenters. The van der Waals surface area contributed by atoms with Crippen LogP contribution in [0.5, 0.6) is 0 Å². The molecule has 4 heteroatoms. The van der Waals surface area contributed by atoms with Crippen LogP contribution in [0.4, 0.5) is 5.00 Å². The highest BCUT2D eigenvalue weighted by Gasteiger charge is 2.33. The third-order valence-electron chi connectivity index (χ3n) is 7.41. The second-order valence-corrected chi connectivity index (χ2v) is 11.0. The lowest BCUT2D eigenvalue weighted by atomic mass is 9.85. The highest BCUT2D eigenvalue weighted by atomic mass is 32.1. The summed E-state index contributed by atoms with van der Waals surface area (Å²) in [6.45, 7) is 4.11. The topological polar surface area (TPSA) is 46.5 Å². The Labute approximate surface area is 220 Å². The summed E-state index contributed by atoms with van der Waals surface area (Å²) in [6.07, 6.45) is 19.3. The molecule has 0 bridgehead atoms. The Morgan fingerprint density at radius 3 is 2.32 bits per heavy atom. The molecule has 3 aliphatic carbocycles. The van der Waals surface area contributed by atoms with Gasteiger partial charge in [0.2, 0.25) is 0 Å². The number of allylic oxidation sites excluding steroid dienone is 9. The van der Waals surface area contributed by atoms with Gasteiger partial charge in [-0.05, 0) is 72.9 Å². The van der Waals surface area contributed by atoms with Crippen LogP contribution in [0.2, 0.25) is 0 Å². The van der Waals surface area contributed by atoms with Gasteiger partial charge in [0.1, 0.15) is 5.00 Å². The summed E-state index contributed by atoms with van der Waals surface area (Å²) in [5.41, 5.74) is 4.72. The van der Waals surface area contributed by atoms with E-state index < -0.39 is 0 Å². The zero-order valence-electron chi connectivity index (χ0n) is 20.9. The van der Waals surface area contributed by atoms with Gasteiger partial charge in [-0.3, -0.25) is 9.59 Å². The third-order valence-corrected chi connectivity index (χ3v) is 8.49. The van der Waals surface area contributed by atoms with E-state index in [-0.39, 0.29) is 23.1 Å². The first-order chi connectivity index (χ1) is 18.0. The lowest BCUT2D eigenvalue weighted by Crippen LogP contribution is -2.12. The Balaban J connectivity index is 1.22. The van der Waals surface area contributed by atoms with E-state index in [1.54, 1.807) is 6.08 Å². The van der Waals surface area contributed by atoms with Crippen LogP contribution in [0.25, 0.3) is 16.8 Å². The molecule has 0 N–H and O–H groups in total. The van der Waals surface area contributed by atoms with Crippen molar-refractivity contribution in [2.45, 2.75) is 26.7 Å². The van der Waals surface area contributed by atoms with Crippen molar-refractivity contribution >= 4 is 50.5 Å². The predicted molar refractivity (Wildman–Crippen MR) is 154 cm³/mol. The Morgan fingerprint density at radius 1 is 0.973 bits per heavy atom. The standard InChI is InChI=1S/C33H27NO2S/c1-20-16-27(19-30-31(35)28-17-25-10-6-7-11-26(25)18-29(28)32(30)36)37-33(20)34-21(2)22-12-14-24(15-13-22)23-8-4-3-5-9-23/h3-8,10-12,14-19,22-23H,9,13H2,1-2H3/b34-21+. The summed E-state index contributed by atoms with van der Waals surface area (Å²) < 4.78 is 0. The maximum atomic E-state index is 13.1.